The number of aryl methyl sites for hydroxylation is 1. The smallest absolute Gasteiger partial charge is 0.417 e. The Morgan fingerprint density at radius 3 is 2.33 bits per heavy atom. The summed E-state index contributed by atoms with van der Waals surface area (Å²) >= 11 is 5.96. The van der Waals surface area contributed by atoms with E-state index in [1.54, 1.807) is 23.1 Å². The third-order valence-corrected chi connectivity index (χ3v) is 11.3. The Balaban J connectivity index is 1.68. The molecule has 0 N–H and O–H groups in total. The fourth-order valence-electron chi connectivity index (χ4n) is 6.31. The second kappa shape index (κ2) is 16.6. The lowest BCUT2D eigenvalue weighted by Crippen LogP contribution is -2.56. The number of benzene rings is 3. The van der Waals surface area contributed by atoms with Gasteiger partial charge in [-0.2, -0.15) is 13.2 Å². The van der Waals surface area contributed by atoms with Gasteiger partial charge in [0, 0.05) is 49.2 Å². The van der Waals surface area contributed by atoms with Crippen LogP contribution in [-0.4, -0.2) is 84.5 Å². The average molecular weight is 770 g/mol. The van der Waals surface area contributed by atoms with Crippen LogP contribution in [0.25, 0.3) is 0 Å². The van der Waals surface area contributed by atoms with Gasteiger partial charge in [0.25, 0.3) is 10.0 Å². The second-order valence-corrected chi connectivity index (χ2v) is 14.7. The maximum absolute atomic E-state index is 16.1. The first-order chi connectivity index (χ1) is 24.5. The van der Waals surface area contributed by atoms with Crippen LogP contribution in [0.1, 0.15) is 36.0 Å². The Morgan fingerprint density at radius 1 is 1.08 bits per heavy atom. The number of allylic oxidation sites excluding steroid dienone is 1. The van der Waals surface area contributed by atoms with Gasteiger partial charge >= 0.3 is 6.18 Å². The Morgan fingerprint density at radius 2 is 1.77 bits per heavy atom. The molecule has 1 atom stereocenters. The highest BCUT2D eigenvalue weighted by molar-refractivity contribution is 7.89. The number of alkyl halides is 3. The quantitative estimate of drug-likeness (QED) is 0.124. The van der Waals surface area contributed by atoms with Crippen molar-refractivity contribution in [1.82, 2.24) is 9.21 Å². The van der Waals surface area contributed by atoms with Crippen molar-refractivity contribution in [3.63, 3.8) is 0 Å². The van der Waals surface area contributed by atoms with E-state index >= 15 is 8.78 Å². The van der Waals surface area contributed by atoms with E-state index in [2.05, 4.69) is 16.7 Å². The highest BCUT2D eigenvalue weighted by Gasteiger charge is 2.39. The fourth-order valence-corrected chi connectivity index (χ4v) is 8.13. The molecule has 0 radical (unpaired) electrons. The lowest BCUT2D eigenvalue weighted by Gasteiger charge is -2.48. The molecule has 0 aliphatic carbocycles. The van der Waals surface area contributed by atoms with Crippen molar-refractivity contribution in [2.45, 2.75) is 48.8 Å². The number of aliphatic imine (C=N–C) groups is 2. The van der Waals surface area contributed by atoms with Crippen molar-refractivity contribution < 1.29 is 39.8 Å². The van der Waals surface area contributed by atoms with E-state index in [0.29, 0.717) is 55.6 Å². The molecule has 1 heterocycles. The van der Waals surface area contributed by atoms with Gasteiger partial charge in [-0.3, -0.25) is 4.99 Å². The predicted molar refractivity (Wildman–Crippen MR) is 193 cm³/mol. The first-order valence-corrected chi connectivity index (χ1v) is 17.9. The Labute approximate surface area is 306 Å². The fraction of sp³-hybridized carbons (Fsp3) is 0.389. The van der Waals surface area contributed by atoms with Crippen LogP contribution in [0.5, 0.6) is 11.5 Å². The van der Waals surface area contributed by atoms with Crippen molar-refractivity contribution in [3.8, 4) is 11.5 Å². The molecule has 1 aliphatic rings. The predicted octanol–water partition coefficient (Wildman–Crippen LogP) is 7.62. The van der Waals surface area contributed by atoms with Crippen molar-refractivity contribution in [2.75, 3.05) is 53.4 Å². The molecule has 52 heavy (non-hydrogen) atoms. The van der Waals surface area contributed by atoms with Gasteiger partial charge in [0.2, 0.25) is 0 Å². The molecule has 1 fully saturated rings. The zero-order chi connectivity index (χ0) is 38.4. The van der Waals surface area contributed by atoms with Gasteiger partial charge in [-0.25, -0.2) is 26.5 Å². The number of hydrogen-bond donors (Lipinski definition) is 0. The summed E-state index contributed by atoms with van der Waals surface area (Å²) in [6.45, 7) is 3.78. The number of halogens is 6. The molecule has 0 spiro atoms. The average Bonchev–Trinajstić information content (AvgIpc) is 3.09. The topological polar surface area (TPSA) is 87.0 Å². The molecule has 0 bridgehead atoms. The summed E-state index contributed by atoms with van der Waals surface area (Å²) in [7, 11) is 3.08. The van der Waals surface area contributed by atoms with E-state index in [9.17, 15) is 21.6 Å². The summed E-state index contributed by atoms with van der Waals surface area (Å²) in [5, 5.41) is -0.387. The van der Waals surface area contributed by atoms with Crippen LogP contribution in [0.15, 0.2) is 75.3 Å². The van der Waals surface area contributed by atoms with Crippen molar-refractivity contribution in [2.24, 2.45) is 9.98 Å². The third-order valence-electron chi connectivity index (χ3n) is 9.22. The maximum atomic E-state index is 16.1. The zero-order valence-electron chi connectivity index (χ0n) is 29.5. The first-order valence-electron chi connectivity index (χ1n) is 16.1. The van der Waals surface area contributed by atoms with Gasteiger partial charge in [-0.05, 0) is 94.5 Å². The molecule has 0 aromatic heterocycles. The van der Waals surface area contributed by atoms with Crippen LogP contribution in [0, 0.1) is 11.6 Å². The van der Waals surface area contributed by atoms with Gasteiger partial charge in [-0.15, -0.1) is 0 Å². The van der Waals surface area contributed by atoms with Crippen molar-refractivity contribution in [1.29, 1.82) is 0 Å². The lowest BCUT2D eigenvalue weighted by atomic mass is 9.82. The van der Waals surface area contributed by atoms with Crippen LogP contribution < -0.4 is 14.4 Å². The van der Waals surface area contributed by atoms with Crippen LogP contribution in [0.3, 0.4) is 0 Å². The molecule has 16 heteroatoms. The minimum absolute atomic E-state index is 0.136. The number of ether oxygens (including phenoxy) is 2. The number of anilines is 1. The number of hydrogen-bond acceptors (Lipinski definition) is 8. The Hall–Kier alpha value is -4.21. The third kappa shape index (κ3) is 8.87. The normalized spacial score (nSPS) is 17.2. The Bertz CT molecular complexity index is 1920. The van der Waals surface area contributed by atoms with E-state index < -0.39 is 50.4 Å². The summed E-state index contributed by atoms with van der Waals surface area (Å²) < 4.78 is 112. The van der Waals surface area contributed by atoms with Crippen molar-refractivity contribution in [3.05, 3.63) is 93.8 Å². The van der Waals surface area contributed by atoms with Crippen LogP contribution >= 0.6 is 11.6 Å². The molecule has 4 rings (SSSR count). The summed E-state index contributed by atoms with van der Waals surface area (Å²) in [4.78, 5) is 10.3. The molecule has 282 valence electrons. The molecule has 1 aliphatic heterocycles. The molecular formula is C36H41ClF5N5O4S. The molecule has 9 nitrogen and oxygen atoms in total. The lowest BCUT2D eigenvalue weighted by molar-refractivity contribution is -0.137. The van der Waals surface area contributed by atoms with E-state index in [-0.39, 0.29) is 22.3 Å². The van der Waals surface area contributed by atoms with Crippen molar-refractivity contribution >= 4 is 40.2 Å². The monoisotopic (exact) mass is 769 g/mol. The number of sulfonamides is 1. The maximum Gasteiger partial charge on any atom is 0.417 e. The van der Waals surface area contributed by atoms with Crippen LogP contribution in [-0.2, 0) is 29.2 Å². The molecule has 3 aromatic rings. The number of nitrogens with zero attached hydrogens (tertiary/aromatic N) is 5. The number of methoxy groups -OCH3 is 2. The standard InChI is InChI=1S/C36H41ClF5N5O4S/c1-43-16-13-33(44-2)47(22-25-9-10-27(50-5)21-32(25)51-6)52(48,49)34-30(38)19-26(20-31(34)39)46-17-7-14-35(23-46,45(3)4)15-12-24-8-11-28(29(37)18-24)36(40,41)42/h8-11,13,16,18-21H,2,7,12,14-15,17,22-23H2,1,3-6H3/b33-13+,43-16?/t35-/m0/s1. The summed E-state index contributed by atoms with van der Waals surface area (Å²) in [6, 6.07) is 10.3. The summed E-state index contributed by atoms with van der Waals surface area (Å²) in [5.74, 6) is -2.16. The zero-order valence-corrected chi connectivity index (χ0v) is 31.0. The van der Waals surface area contributed by atoms with Gasteiger partial charge in [-0.1, -0.05) is 17.7 Å². The SMILES string of the molecule is C=N/C(=C\C=NC)N(Cc1ccc(OC)cc1OC)S(=O)(=O)c1c(F)cc(N2CCC[C@@](CCc3ccc(C(F)(F)F)c(Cl)c3)(N(C)C)C2)cc1F. The molecule has 1 saturated heterocycles. The van der Waals surface area contributed by atoms with Crippen LogP contribution in [0.2, 0.25) is 5.02 Å². The van der Waals surface area contributed by atoms with E-state index in [4.69, 9.17) is 21.1 Å². The van der Waals surface area contributed by atoms with Gasteiger partial charge in [0.15, 0.2) is 4.90 Å². The van der Waals surface area contributed by atoms with Crippen LogP contribution in [0.4, 0.5) is 27.6 Å². The first kappa shape index (κ1) is 40.6. The van der Waals surface area contributed by atoms with Gasteiger partial charge in [0.1, 0.15) is 29.0 Å². The van der Waals surface area contributed by atoms with E-state index in [1.165, 1.54) is 45.7 Å². The molecule has 3 aromatic carbocycles. The molecule has 0 amide bonds. The number of piperidine rings is 1. The second-order valence-electron chi connectivity index (χ2n) is 12.5. The largest absolute Gasteiger partial charge is 0.497 e. The minimum atomic E-state index is -4.96. The minimum Gasteiger partial charge on any atom is -0.497 e. The number of rotatable bonds is 14. The highest BCUT2D eigenvalue weighted by atomic mass is 35.5. The molecule has 0 unspecified atom stereocenters. The molecule has 0 saturated carbocycles. The molecular weight excluding hydrogens is 729 g/mol. The summed E-state index contributed by atoms with van der Waals surface area (Å²) in [6.07, 6.45) is 0.183. The van der Waals surface area contributed by atoms with Gasteiger partial charge < -0.3 is 19.3 Å². The van der Waals surface area contributed by atoms with Gasteiger partial charge in [0.05, 0.1) is 31.4 Å². The van der Waals surface area contributed by atoms with E-state index in [1.807, 2.05) is 19.0 Å². The Kier molecular flexibility index (Phi) is 13.0. The van der Waals surface area contributed by atoms with E-state index in [0.717, 1.165) is 22.5 Å². The number of likely N-dealkylation sites (N-methyl/N-ethyl adjacent to an activating group) is 1. The highest BCUT2D eigenvalue weighted by Crippen LogP contribution is 2.39. The summed E-state index contributed by atoms with van der Waals surface area (Å²) in [5.41, 5.74) is -0.344.